The molecule has 0 amide bonds. The van der Waals surface area contributed by atoms with E-state index >= 15 is 0 Å². The highest BCUT2D eigenvalue weighted by Gasteiger charge is 2.29. The Morgan fingerprint density at radius 3 is 3.00 bits per heavy atom. The number of para-hydroxylation sites is 1. The summed E-state index contributed by atoms with van der Waals surface area (Å²) >= 11 is 5.49. The van der Waals surface area contributed by atoms with Crippen LogP contribution in [0.2, 0.25) is 0 Å². The molecule has 1 N–H and O–H groups in total. The number of hydrogen-bond donors (Lipinski definition) is 1. The summed E-state index contributed by atoms with van der Waals surface area (Å²) in [7, 11) is 0. The van der Waals surface area contributed by atoms with Gasteiger partial charge in [0.2, 0.25) is 0 Å². The summed E-state index contributed by atoms with van der Waals surface area (Å²) in [6.07, 6.45) is 2.14. The molecule has 1 aromatic heterocycles. The van der Waals surface area contributed by atoms with Crippen LogP contribution in [0.5, 0.6) is 5.75 Å². The lowest BCUT2D eigenvalue weighted by Gasteiger charge is -2.33. The molecule has 1 aliphatic rings. The predicted molar refractivity (Wildman–Crippen MR) is 92.5 cm³/mol. The first-order valence-corrected chi connectivity index (χ1v) is 9.14. The van der Waals surface area contributed by atoms with Crippen LogP contribution in [0.1, 0.15) is 29.7 Å². The van der Waals surface area contributed by atoms with Gasteiger partial charge in [-0.15, -0.1) is 11.3 Å². The zero-order valence-electron chi connectivity index (χ0n) is 12.1. The highest BCUT2D eigenvalue weighted by Crippen LogP contribution is 2.37. The van der Waals surface area contributed by atoms with Crippen molar-refractivity contribution in [3.8, 4) is 5.75 Å². The van der Waals surface area contributed by atoms with Crippen molar-refractivity contribution in [2.75, 3.05) is 13.2 Å². The minimum Gasteiger partial charge on any atom is -0.493 e. The Bertz CT molecular complexity index is 598. The normalized spacial score (nSPS) is 18.9. The van der Waals surface area contributed by atoms with Crippen molar-refractivity contribution in [3.05, 3.63) is 50.6 Å². The van der Waals surface area contributed by atoms with E-state index in [0.717, 1.165) is 31.7 Å². The fourth-order valence-corrected chi connectivity index (χ4v) is 4.65. The average molecular weight is 366 g/mol. The fourth-order valence-electron chi connectivity index (χ4n) is 3.08. The minimum absolute atomic E-state index is 0.454. The Labute approximate surface area is 138 Å². The van der Waals surface area contributed by atoms with E-state index in [1.165, 1.54) is 14.9 Å². The van der Waals surface area contributed by atoms with Gasteiger partial charge in [-0.3, -0.25) is 0 Å². The number of rotatable bonds is 5. The number of benzene rings is 1. The molecular formula is C17H20BrNOS. The van der Waals surface area contributed by atoms with Crippen molar-refractivity contribution in [1.82, 2.24) is 5.32 Å². The standard InChI is InChI=1S/C17H20BrNOS/c1-2-19-15(11-17-14(18)8-10-21-17)12-7-9-20-16-6-4-3-5-13(12)16/h3-6,8,10,12,15,19H,2,7,9,11H2,1H3. The van der Waals surface area contributed by atoms with Crippen molar-refractivity contribution in [2.24, 2.45) is 0 Å². The van der Waals surface area contributed by atoms with Crippen LogP contribution in [0, 0.1) is 0 Å². The van der Waals surface area contributed by atoms with E-state index in [1.807, 2.05) is 11.3 Å². The maximum atomic E-state index is 5.81. The molecule has 0 aliphatic carbocycles. The topological polar surface area (TPSA) is 21.3 Å². The summed E-state index contributed by atoms with van der Waals surface area (Å²) in [6.45, 7) is 3.99. The molecule has 0 spiro atoms. The Morgan fingerprint density at radius 1 is 1.38 bits per heavy atom. The van der Waals surface area contributed by atoms with Gasteiger partial charge in [0.05, 0.1) is 6.61 Å². The quantitative estimate of drug-likeness (QED) is 0.835. The van der Waals surface area contributed by atoms with Gasteiger partial charge in [-0.1, -0.05) is 25.1 Å². The fraction of sp³-hybridized carbons (Fsp3) is 0.412. The lowest BCUT2D eigenvalue weighted by Crippen LogP contribution is -2.38. The second-order valence-electron chi connectivity index (χ2n) is 5.34. The smallest absolute Gasteiger partial charge is 0.122 e. The summed E-state index contributed by atoms with van der Waals surface area (Å²) in [4.78, 5) is 1.42. The van der Waals surface area contributed by atoms with E-state index in [0.29, 0.717) is 12.0 Å². The van der Waals surface area contributed by atoms with Gasteiger partial charge in [-0.05, 0) is 58.4 Å². The predicted octanol–water partition coefficient (Wildman–Crippen LogP) is 4.60. The van der Waals surface area contributed by atoms with Crippen molar-refractivity contribution >= 4 is 27.3 Å². The summed E-state index contributed by atoms with van der Waals surface area (Å²) < 4.78 is 7.04. The van der Waals surface area contributed by atoms with E-state index < -0.39 is 0 Å². The Morgan fingerprint density at radius 2 is 2.24 bits per heavy atom. The van der Waals surface area contributed by atoms with Crippen LogP contribution in [-0.2, 0) is 6.42 Å². The highest BCUT2D eigenvalue weighted by molar-refractivity contribution is 9.10. The first-order valence-electron chi connectivity index (χ1n) is 7.46. The van der Waals surface area contributed by atoms with Gasteiger partial charge in [-0.25, -0.2) is 0 Å². The van der Waals surface area contributed by atoms with Gasteiger partial charge >= 0.3 is 0 Å². The van der Waals surface area contributed by atoms with Gasteiger partial charge < -0.3 is 10.1 Å². The Kier molecular flexibility index (Phi) is 4.99. The van der Waals surface area contributed by atoms with Crippen LogP contribution in [0.4, 0.5) is 0 Å². The van der Waals surface area contributed by atoms with Crippen molar-refractivity contribution in [3.63, 3.8) is 0 Å². The van der Waals surface area contributed by atoms with Gasteiger partial charge in [0.1, 0.15) is 5.75 Å². The zero-order chi connectivity index (χ0) is 14.7. The van der Waals surface area contributed by atoms with Crippen LogP contribution < -0.4 is 10.1 Å². The summed E-state index contributed by atoms with van der Waals surface area (Å²) in [5, 5.41) is 5.84. The lowest BCUT2D eigenvalue weighted by atomic mass is 9.84. The number of thiophene rings is 1. The molecule has 0 saturated heterocycles. The van der Waals surface area contributed by atoms with Gasteiger partial charge in [-0.2, -0.15) is 0 Å². The maximum absolute atomic E-state index is 5.81. The summed E-state index contributed by atoms with van der Waals surface area (Å²) in [5.41, 5.74) is 1.35. The molecule has 2 heterocycles. The Balaban J connectivity index is 1.86. The minimum atomic E-state index is 0.454. The maximum Gasteiger partial charge on any atom is 0.122 e. The third kappa shape index (κ3) is 3.33. The third-order valence-corrected chi connectivity index (χ3v) is 6.00. The van der Waals surface area contributed by atoms with E-state index in [9.17, 15) is 0 Å². The summed E-state index contributed by atoms with van der Waals surface area (Å²) in [6, 6.07) is 11.1. The molecule has 0 radical (unpaired) electrons. The molecule has 1 aliphatic heterocycles. The van der Waals surface area contributed by atoms with Crippen molar-refractivity contribution in [1.29, 1.82) is 0 Å². The van der Waals surface area contributed by atoms with Crippen molar-refractivity contribution in [2.45, 2.75) is 31.7 Å². The molecule has 2 nitrogen and oxygen atoms in total. The number of nitrogens with one attached hydrogen (secondary N) is 1. The molecule has 112 valence electrons. The largest absolute Gasteiger partial charge is 0.493 e. The molecule has 21 heavy (non-hydrogen) atoms. The van der Waals surface area contributed by atoms with E-state index in [-0.39, 0.29) is 0 Å². The van der Waals surface area contributed by atoms with E-state index in [4.69, 9.17) is 4.74 Å². The number of ether oxygens (including phenoxy) is 1. The third-order valence-electron chi connectivity index (χ3n) is 4.05. The van der Waals surface area contributed by atoms with Crippen LogP contribution >= 0.6 is 27.3 Å². The number of fused-ring (bicyclic) bond motifs is 1. The number of hydrogen-bond acceptors (Lipinski definition) is 3. The van der Waals surface area contributed by atoms with Crippen molar-refractivity contribution < 1.29 is 4.74 Å². The van der Waals surface area contributed by atoms with Crippen LogP contribution in [-0.4, -0.2) is 19.2 Å². The van der Waals surface area contributed by atoms with E-state index in [2.05, 4.69) is 63.9 Å². The van der Waals surface area contributed by atoms with E-state index in [1.54, 1.807) is 0 Å². The van der Waals surface area contributed by atoms with Crippen LogP contribution in [0.25, 0.3) is 0 Å². The molecule has 2 aromatic rings. The second kappa shape index (κ2) is 6.95. The first-order chi connectivity index (χ1) is 10.3. The second-order valence-corrected chi connectivity index (χ2v) is 7.20. The van der Waals surface area contributed by atoms with Gasteiger partial charge in [0.25, 0.3) is 0 Å². The number of halogens is 1. The average Bonchev–Trinajstić information content (AvgIpc) is 2.91. The summed E-state index contributed by atoms with van der Waals surface area (Å²) in [5.74, 6) is 1.57. The highest BCUT2D eigenvalue weighted by atomic mass is 79.9. The molecule has 1 aromatic carbocycles. The molecule has 3 rings (SSSR count). The molecular weight excluding hydrogens is 346 g/mol. The molecule has 2 atom stereocenters. The number of likely N-dealkylation sites (N-methyl/N-ethyl adjacent to an activating group) is 1. The van der Waals surface area contributed by atoms with Gasteiger partial charge in [0, 0.05) is 21.3 Å². The Hall–Kier alpha value is -0.840. The molecule has 0 saturated carbocycles. The molecule has 4 heteroatoms. The van der Waals surface area contributed by atoms with Gasteiger partial charge in [0.15, 0.2) is 0 Å². The van der Waals surface area contributed by atoms with Crippen LogP contribution in [0.3, 0.4) is 0 Å². The van der Waals surface area contributed by atoms with Crippen LogP contribution in [0.15, 0.2) is 40.2 Å². The first kappa shape index (κ1) is 15.1. The monoisotopic (exact) mass is 365 g/mol. The molecule has 0 bridgehead atoms. The molecule has 0 fully saturated rings. The zero-order valence-corrected chi connectivity index (χ0v) is 14.5. The lowest BCUT2D eigenvalue weighted by molar-refractivity contribution is 0.245. The SMILES string of the molecule is CCNC(Cc1sccc1Br)C1CCOc2ccccc21. The molecule has 2 unspecified atom stereocenters.